The Morgan fingerprint density at radius 2 is 2.16 bits per heavy atom. The zero-order valence-corrected chi connectivity index (χ0v) is 14.0. The predicted molar refractivity (Wildman–Crippen MR) is 92.8 cm³/mol. The number of carbonyl (C=O) groups is 1. The fourth-order valence-electron chi connectivity index (χ4n) is 2.68. The molecule has 1 N–H and O–H groups in total. The number of carbonyl (C=O) groups excluding carboxylic acids is 1. The second kappa shape index (κ2) is 7.29. The van der Waals surface area contributed by atoms with E-state index >= 15 is 0 Å². The lowest BCUT2D eigenvalue weighted by atomic mass is 10.1. The predicted octanol–water partition coefficient (Wildman–Crippen LogP) is 3.43. The zero-order chi connectivity index (χ0) is 17.8. The van der Waals surface area contributed by atoms with Gasteiger partial charge < -0.3 is 10.2 Å². The molecule has 1 aromatic heterocycles. The highest BCUT2D eigenvalue weighted by atomic mass is 16.6. The summed E-state index contributed by atoms with van der Waals surface area (Å²) < 4.78 is 0. The number of non-ortho nitro benzene ring substituents is 1. The van der Waals surface area contributed by atoms with Crippen molar-refractivity contribution in [2.24, 2.45) is 0 Å². The van der Waals surface area contributed by atoms with E-state index in [1.165, 1.54) is 12.1 Å². The van der Waals surface area contributed by atoms with E-state index in [4.69, 9.17) is 0 Å². The lowest BCUT2D eigenvalue weighted by molar-refractivity contribution is -0.384. The topological polar surface area (TPSA) is 88.4 Å². The van der Waals surface area contributed by atoms with Gasteiger partial charge in [0, 0.05) is 24.4 Å². The summed E-state index contributed by atoms with van der Waals surface area (Å²) in [5.74, 6) is 0. The summed E-state index contributed by atoms with van der Waals surface area (Å²) in [5.41, 5.74) is 1.56. The molecule has 2 aromatic rings. The number of nitro benzene ring substituents is 1. The number of amides is 2. The minimum atomic E-state index is -0.435. The molecule has 1 heterocycles. The molecule has 0 radical (unpaired) electrons. The number of hydrogen-bond acceptors (Lipinski definition) is 4. The molecule has 1 saturated carbocycles. The number of urea groups is 1. The van der Waals surface area contributed by atoms with Crippen LogP contribution in [-0.4, -0.2) is 26.9 Å². The Hall–Kier alpha value is -2.96. The summed E-state index contributed by atoms with van der Waals surface area (Å²) in [6, 6.07) is 11.7. The Kier molecular flexibility index (Phi) is 4.92. The van der Waals surface area contributed by atoms with Crippen LogP contribution in [0.15, 0.2) is 48.7 Å². The van der Waals surface area contributed by atoms with Crippen LogP contribution < -0.4 is 5.32 Å². The monoisotopic (exact) mass is 340 g/mol. The van der Waals surface area contributed by atoms with Crippen molar-refractivity contribution in [2.75, 3.05) is 0 Å². The molecule has 0 unspecified atom stereocenters. The van der Waals surface area contributed by atoms with Crippen molar-refractivity contribution < 1.29 is 9.72 Å². The molecule has 0 aliphatic heterocycles. The van der Waals surface area contributed by atoms with Crippen molar-refractivity contribution in [1.82, 2.24) is 15.2 Å². The van der Waals surface area contributed by atoms with E-state index in [9.17, 15) is 14.9 Å². The van der Waals surface area contributed by atoms with Crippen LogP contribution in [0.2, 0.25) is 0 Å². The van der Waals surface area contributed by atoms with E-state index in [1.807, 2.05) is 25.1 Å². The highest BCUT2D eigenvalue weighted by Crippen LogP contribution is 2.29. The molecule has 3 rings (SSSR count). The average Bonchev–Trinajstić information content (AvgIpc) is 3.45. The maximum atomic E-state index is 12.7. The fourth-order valence-corrected chi connectivity index (χ4v) is 2.68. The van der Waals surface area contributed by atoms with Crippen LogP contribution in [0.5, 0.6) is 0 Å². The molecule has 1 aliphatic carbocycles. The van der Waals surface area contributed by atoms with Gasteiger partial charge in [-0.25, -0.2) is 4.79 Å². The SMILES string of the molecule is C[C@@H](NC(=O)N(Cc1ccccn1)C1CC1)c1cccc([N+](=O)[O-])c1. The van der Waals surface area contributed by atoms with Gasteiger partial charge in [0.1, 0.15) is 0 Å². The molecular formula is C18H20N4O3. The standard InChI is InChI=1S/C18H20N4O3/c1-13(14-5-4-7-17(11-14)22(24)25)20-18(23)21(16-8-9-16)12-15-6-2-3-10-19-15/h2-7,10-11,13,16H,8-9,12H2,1H3,(H,20,23)/t13-/m1/s1. The van der Waals surface area contributed by atoms with E-state index in [0.29, 0.717) is 12.1 Å². The summed E-state index contributed by atoms with van der Waals surface area (Å²) in [5, 5.41) is 13.9. The van der Waals surface area contributed by atoms with Crippen molar-refractivity contribution in [3.05, 3.63) is 70.0 Å². The van der Waals surface area contributed by atoms with E-state index in [2.05, 4.69) is 10.3 Å². The molecular weight excluding hydrogens is 320 g/mol. The Balaban J connectivity index is 1.68. The molecule has 0 saturated heterocycles. The Labute approximate surface area is 145 Å². The number of benzene rings is 1. The molecule has 2 amide bonds. The van der Waals surface area contributed by atoms with Crippen molar-refractivity contribution in [2.45, 2.75) is 38.4 Å². The number of nitrogens with one attached hydrogen (secondary N) is 1. The number of rotatable bonds is 6. The second-order valence-electron chi connectivity index (χ2n) is 6.20. The van der Waals surface area contributed by atoms with Crippen LogP contribution in [0.1, 0.15) is 37.1 Å². The largest absolute Gasteiger partial charge is 0.331 e. The van der Waals surface area contributed by atoms with Gasteiger partial charge in [0.05, 0.1) is 23.2 Å². The van der Waals surface area contributed by atoms with Crippen LogP contribution >= 0.6 is 0 Å². The van der Waals surface area contributed by atoms with Gasteiger partial charge in [0.15, 0.2) is 0 Å². The molecule has 130 valence electrons. The van der Waals surface area contributed by atoms with Gasteiger partial charge in [-0.15, -0.1) is 0 Å². The molecule has 25 heavy (non-hydrogen) atoms. The molecule has 7 nitrogen and oxygen atoms in total. The van der Waals surface area contributed by atoms with E-state index in [-0.39, 0.29) is 23.8 Å². The fraction of sp³-hybridized carbons (Fsp3) is 0.333. The number of hydrogen-bond donors (Lipinski definition) is 1. The molecule has 7 heteroatoms. The first-order valence-electron chi connectivity index (χ1n) is 8.26. The first-order valence-corrected chi connectivity index (χ1v) is 8.26. The van der Waals surface area contributed by atoms with Gasteiger partial charge in [0.2, 0.25) is 0 Å². The lowest BCUT2D eigenvalue weighted by Gasteiger charge is -2.25. The first kappa shape index (κ1) is 16.9. The molecule has 1 aliphatic rings. The first-order chi connectivity index (χ1) is 12.0. The maximum Gasteiger partial charge on any atom is 0.318 e. The van der Waals surface area contributed by atoms with Crippen LogP contribution in [0.3, 0.4) is 0 Å². The van der Waals surface area contributed by atoms with E-state index in [0.717, 1.165) is 18.5 Å². The third kappa shape index (κ3) is 4.32. The third-order valence-corrected chi connectivity index (χ3v) is 4.23. The van der Waals surface area contributed by atoms with Gasteiger partial charge in [0.25, 0.3) is 5.69 Å². The van der Waals surface area contributed by atoms with Gasteiger partial charge in [-0.1, -0.05) is 18.2 Å². The number of nitrogens with zero attached hydrogens (tertiary/aromatic N) is 3. The minimum absolute atomic E-state index is 0.0196. The quantitative estimate of drug-likeness (QED) is 0.644. The van der Waals surface area contributed by atoms with Crippen LogP contribution in [-0.2, 0) is 6.54 Å². The molecule has 1 fully saturated rings. The van der Waals surface area contributed by atoms with E-state index in [1.54, 1.807) is 23.2 Å². The van der Waals surface area contributed by atoms with E-state index < -0.39 is 4.92 Å². The smallest absolute Gasteiger partial charge is 0.318 e. The molecule has 0 bridgehead atoms. The van der Waals surface area contributed by atoms with Crippen molar-refractivity contribution in [1.29, 1.82) is 0 Å². The summed E-state index contributed by atoms with van der Waals surface area (Å²) in [6.45, 7) is 2.28. The number of aromatic nitrogens is 1. The summed E-state index contributed by atoms with van der Waals surface area (Å²) >= 11 is 0. The Bertz CT molecular complexity index is 762. The average molecular weight is 340 g/mol. The van der Waals surface area contributed by atoms with Gasteiger partial charge >= 0.3 is 6.03 Å². The van der Waals surface area contributed by atoms with Gasteiger partial charge in [-0.3, -0.25) is 15.1 Å². The van der Waals surface area contributed by atoms with Crippen molar-refractivity contribution >= 4 is 11.7 Å². The van der Waals surface area contributed by atoms with Crippen LogP contribution in [0.25, 0.3) is 0 Å². The Morgan fingerprint density at radius 3 is 2.80 bits per heavy atom. The maximum absolute atomic E-state index is 12.7. The van der Waals surface area contributed by atoms with Gasteiger partial charge in [-0.2, -0.15) is 0 Å². The minimum Gasteiger partial charge on any atom is -0.331 e. The zero-order valence-electron chi connectivity index (χ0n) is 14.0. The summed E-state index contributed by atoms with van der Waals surface area (Å²) in [6.07, 6.45) is 3.70. The number of pyridine rings is 1. The number of nitro groups is 1. The van der Waals surface area contributed by atoms with Crippen LogP contribution in [0, 0.1) is 10.1 Å². The van der Waals surface area contributed by atoms with Crippen LogP contribution in [0.4, 0.5) is 10.5 Å². The molecule has 1 atom stereocenters. The third-order valence-electron chi connectivity index (χ3n) is 4.23. The highest BCUT2D eigenvalue weighted by molar-refractivity contribution is 5.75. The summed E-state index contributed by atoms with van der Waals surface area (Å²) in [4.78, 5) is 29.2. The summed E-state index contributed by atoms with van der Waals surface area (Å²) in [7, 11) is 0. The van der Waals surface area contributed by atoms with Crippen molar-refractivity contribution in [3.63, 3.8) is 0 Å². The molecule has 1 aromatic carbocycles. The highest BCUT2D eigenvalue weighted by Gasteiger charge is 2.33. The Morgan fingerprint density at radius 1 is 1.36 bits per heavy atom. The van der Waals surface area contributed by atoms with Crippen molar-refractivity contribution in [3.8, 4) is 0 Å². The normalized spacial score (nSPS) is 14.6. The van der Waals surface area contributed by atoms with Gasteiger partial charge in [-0.05, 0) is 37.5 Å². The molecule has 0 spiro atoms. The lowest BCUT2D eigenvalue weighted by Crippen LogP contribution is -2.42. The second-order valence-corrected chi connectivity index (χ2v) is 6.20.